The van der Waals surface area contributed by atoms with Crippen LogP contribution in [0, 0.1) is 6.92 Å². The summed E-state index contributed by atoms with van der Waals surface area (Å²) in [7, 11) is 0. The van der Waals surface area contributed by atoms with Gasteiger partial charge in [-0.15, -0.1) is 0 Å². The summed E-state index contributed by atoms with van der Waals surface area (Å²) in [5.41, 5.74) is -0.173. The van der Waals surface area contributed by atoms with Gasteiger partial charge in [-0.25, -0.2) is 0 Å². The number of alkyl halides is 3. The minimum absolute atomic E-state index is 0.0786. The average Bonchev–Trinajstić information content (AvgIpc) is 2.78. The van der Waals surface area contributed by atoms with Crippen LogP contribution in [0.1, 0.15) is 23.8 Å². The third kappa shape index (κ3) is 4.84. The van der Waals surface area contributed by atoms with E-state index in [2.05, 4.69) is 11.8 Å². The minimum atomic E-state index is -4.97. The normalized spacial score (nSPS) is 15.8. The van der Waals surface area contributed by atoms with Gasteiger partial charge in [-0.2, -0.15) is 13.2 Å². The first-order valence-corrected chi connectivity index (χ1v) is 10.8. The van der Waals surface area contributed by atoms with E-state index >= 15 is 0 Å². The molecule has 0 unspecified atom stereocenters. The van der Waals surface area contributed by atoms with Gasteiger partial charge in [0.25, 0.3) is 5.76 Å². The van der Waals surface area contributed by atoms with Gasteiger partial charge in [-0.1, -0.05) is 24.6 Å². The van der Waals surface area contributed by atoms with Crippen molar-refractivity contribution >= 4 is 11.0 Å². The lowest BCUT2D eigenvalue weighted by Crippen LogP contribution is -2.45. The molecule has 1 fully saturated rings. The fourth-order valence-corrected chi connectivity index (χ4v) is 3.93. The van der Waals surface area contributed by atoms with Crippen molar-refractivity contribution in [1.82, 2.24) is 9.80 Å². The highest BCUT2D eigenvalue weighted by atomic mass is 19.4. The van der Waals surface area contributed by atoms with Gasteiger partial charge in [0, 0.05) is 32.7 Å². The van der Waals surface area contributed by atoms with Crippen LogP contribution in [-0.2, 0) is 12.7 Å². The molecule has 0 atom stereocenters. The van der Waals surface area contributed by atoms with E-state index in [1.165, 1.54) is 24.3 Å². The molecule has 2 heterocycles. The molecule has 0 aliphatic carbocycles. The number of phenols is 1. The zero-order valence-electron chi connectivity index (χ0n) is 18.4. The van der Waals surface area contributed by atoms with Gasteiger partial charge in [0.1, 0.15) is 17.1 Å². The number of halogens is 3. The van der Waals surface area contributed by atoms with Crippen LogP contribution in [0.5, 0.6) is 17.2 Å². The van der Waals surface area contributed by atoms with Crippen LogP contribution in [0.4, 0.5) is 13.2 Å². The van der Waals surface area contributed by atoms with E-state index < -0.39 is 23.1 Å². The molecule has 1 aliphatic heterocycles. The molecule has 1 saturated heterocycles. The Kier molecular flexibility index (Phi) is 6.36. The number of aromatic hydroxyl groups is 1. The Morgan fingerprint density at radius 2 is 1.67 bits per heavy atom. The Hall–Kier alpha value is -3.04. The molecule has 176 valence electrons. The predicted molar refractivity (Wildman–Crippen MR) is 118 cm³/mol. The van der Waals surface area contributed by atoms with E-state index in [1.807, 2.05) is 11.8 Å². The summed E-state index contributed by atoms with van der Waals surface area (Å²) >= 11 is 0. The van der Waals surface area contributed by atoms with Gasteiger partial charge in [-0.05, 0) is 37.7 Å². The summed E-state index contributed by atoms with van der Waals surface area (Å²) in [4.78, 5) is 17.4. The van der Waals surface area contributed by atoms with Gasteiger partial charge in [0.15, 0.2) is 0 Å². The van der Waals surface area contributed by atoms with E-state index in [1.54, 1.807) is 12.1 Å². The second-order valence-electron chi connectivity index (χ2n) is 8.15. The van der Waals surface area contributed by atoms with Crippen LogP contribution < -0.4 is 10.2 Å². The maximum Gasteiger partial charge on any atom is 0.453 e. The molecule has 33 heavy (non-hydrogen) atoms. The van der Waals surface area contributed by atoms with Crippen LogP contribution in [0.25, 0.3) is 11.0 Å². The topological polar surface area (TPSA) is 66.2 Å². The molecule has 0 bridgehead atoms. The summed E-state index contributed by atoms with van der Waals surface area (Å²) in [6, 6.07) is 8.87. The number of benzene rings is 2. The monoisotopic (exact) mass is 462 g/mol. The SMILES string of the molecule is CCN1CCN(Cc2c(O)ccc3c(=O)c(Oc4ccc(C)cc4)c(C(F)(F)F)oc23)CC1. The third-order valence-electron chi connectivity index (χ3n) is 5.89. The molecule has 0 spiro atoms. The first kappa shape index (κ1) is 23.1. The van der Waals surface area contributed by atoms with Crippen molar-refractivity contribution in [1.29, 1.82) is 0 Å². The second-order valence-corrected chi connectivity index (χ2v) is 8.15. The lowest BCUT2D eigenvalue weighted by atomic mass is 10.1. The molecule has 9 heteroatoms. The first-order chi connectivity index (χ1) is 15.7. The largest absolute Gasteiger partial charge is 0.507 e. The van der Waals surface area contributed by atoms with Crippen molar-refractivity contribution in [2.45, 2.75) is 26.6 Å². The van der Waals surface area contributed by atoms with Crippen molar-refractivity contribution < 1.29 is 27.4 Å². The predicted octanol–water partition coefficient (Wildman–Crippen LogP) is 4.76. The van der Waals surface area contributed by atoms with E-state index in [0.29, 0.717) is 13.1 Å². The summed E-state index contributed by atoms with van der Waals surface area (Å²) < 4.78 is 52.4. The zero-order chi connectivity index (χ0) is 23.8. The molecular weight excluding hydrogens is 437 g/mol. The number of rotatable bonds is 5. The fourth-order valence-electron chi connectivity index (χ4n) is 3.93. The lowest BCUT2D eigenvalue weighted by molar-refractivity contribution is -0.154. The Balaban J connectivity index is 1.80. The highest BCUT2D eigenvalue weighted by molar-refractivity contribution is 5.83. The van der Waals surface area contributed by atoms with Crippen molar-refractivity contribution in [2.75, 3.05) is 32.7 Å². The van der Waals surface area contributed by atoms with E-state index in [-0.39, 0.29) is 34.6 Å². The Morgan fingerprint density at radius 3 is 2.27 bits per heavy atom. The van der Waals surface area contributed by atoms with Gasteiger partial charge < -0.3 is 19.2 Å². The lowest BCUT2D eigenvalue weighted by Gasteiger charge is -2.34. The molecule has 1 aromatic heterocycles. The fraction of sp³-hybridized carbons (Fsp3) is 0.375. The molecule has 2 aromatic carbocycles. The molecular formula is C24H25F3N2O4. The highest BCUT2D eigenvalue weighted by Crippen LogP contribution is 2.40. The second kappa shape index (κ2) is 9.07. The van der Waals surface area contributed by atoms with Gasteiger partial charge in [-0.3, -0.25) is 9.69 Å². The number of fused-ring (bicyclic) bond motifs is 1. The van der Waals surface area contributed by atoms with Crippen molar-refractivity contribution in [3.8, 4) is 17.2 Å². The molecule has 0 radical (unpaired) electrons. The number of aryl methyl sites for hydroxylation is 1. The molecule has 1 aliphatic rings. The molecule has 3 aromatic rings. The number of hydrogen-bond donors (Lipinski definition) is 1. The van der Waals surface area contributed by atoms with Crippen molar-refractivity contribution in [3.63, 3.8) is 0 Å². The van der Waals surface area contributed by atoms with E-state index in [4.69, 9.17) is 9.15 Å². The summed E-state index contributed by atoms with van der Waals surface area (Å²) in [6.07, 6.45) is -4.97. The van der Waals surface area contributed by atoms with Crippen molar-refractivity contribution in [2.24, 2.45) is 0 Å². The zero-order valence-corrected chi connectivity index (χ0v) is 18.4. The van der Waals surface area contributed by atoms with Crippen LogP contribution >= 0.6 is 0 Å². The summed E-state index contributed by atoms with van der Waals surface area (Å²) in [6.45, 7) is 7.98. The Labute approximate surface area is 188 Å². The number of ether oxygens (including phenoxy) is 1. The third-order valence-corrected chi connectivity index (χ3v) is 5.89. The molecule has 0 saturated carbocycles. The summed E-state index contributed by atoms with van der Waals surface area (Å²) in [5.74, 6) is -2.58. The molecule has 6 nitrogen and oxygen atoms in total. The van der Waals surface area contributed by atoms with Crippen LogP contribution in [0.3, 0.4) is 0 Å². The Morgan fingerprint density at radius 1 is 1.03 bits per heavy atom. The highest BCUT2D eigenvalue weighted by Gasteiger charge is 2.41. The standard InChI is InChI=1S/C24H25F3N2O4/c1-3-28-10-12-29(13-11-28)14-18-19(30)9-8-17-20(31)22(23(24(25,26)27)33-21(17)18)32-16-6-4-15(2)5-7-16/h4-9,30H,3,10-14H2,1-2H3. The number of hydrogen-bond acceptors (Lipinski definition) is 6. The van der Waals surface area contributed by atoms with Gasteiger partial charge in [0.05, 0.1) is 10.9 Å². The smallest absolute Gasteiger partial charge is 0.453 e. The van der Waals surface area contributed by atoms with Gasteiger partial charge in [0.2, 0.25) is 11.2 Å². The number of phenolic OH excluding ortho intramolecular Hbond substituents is 1. The van der Waals surface area contributed by atoms with E-state index in [9.17, 15) is 23.1 Å². The number of likely N-dealkylation sites (N-methyl/N-ethyl adjacent to an activating group) is 1. The minimum Gasteiger partial charge on any atom is -0.507 e. The molecule has 4 rings (SSSR count). The van der Waals surface area contributed by atoms with Crippen LogP contribution in [-0.4, -0.2) is 47.6 Å². The van der Waals surface area contributed by atoms with Crippen LogP contribution in [0.2, 0.25) is 0 Å². The quantitative estimate of drug-likeness (QED) is 0.590. The molecule has 1 N–H and O–H groups in total. The maximum atomic E-state index is 13.9. The average molecular weight is 462 g/mol. The number of piperazine rings is 1. The molecule has 0 amide bonds. The first-order valence-electron chi connectivity index (χ1n) is 10.8. The maximum absolute atomic E-state index is 13.9. The summed E-state index contributed by atoms with van der Waals surface area (Å²) in [5, 5.41) is 10.4. The Bertz CT molecular complexity index is 1200. The van der Waals surface area contributed by atoms with Gasteiger partial charge >= 0.3 is 6.18 Å². The van der Waals surface area contributed by atoms with E-state index in [0.717, 1.165) is 25.2 Å². The number of nitrogens with zero attached hydrogens (tertiary/aromatic N) is 2. The van der Waals surface area contributed by atoms with Crippen molar-refractivity contribution in [3.05, 3.63) is 63.5 Å². The van der Waals surface area contributed by atoms with Crippen LogP contribution in [0.15, 0.2) is 45.6 Å².